The highest BCUT2D eigenvalue weighted by Crippen LogP contribution is 2.45. The number of carboxylic acid groups (broad SMARTS) is 1. The van der Waals surface area contributed by atoms with Gasteiger partial charge in [0, 0.05) is 20.0 Å². The van der Waals surface area contributed by atoms with Crippen LogP contribution in [0.3, 0.4) is 0 Å². The molecular weight excluding hydrogens is 262 g/mol. The van der Waals surface area contributed by atoms with Crippen molar-refractivity contribution in [2.45, 2.75) is 51.0 Å². The van der Waals surface area contributed by atoms with E-state index in [4.69, 9.17) is 9.84 Å². The first-order valence-electron chi connectivity index (χ1n) is 7.06. The van der Waals surface area contributed by atoms with E-state index in [1.807, 2.05) is 0 Å². The van der Waals surface area contributed by atoms with Gasteiger partial charge < -0.3 is 9.84 Å². The molecule has 1 atom stereocenters. The van der Waals surface area contributed by atoms with Crippen LogP contribution in [0.15, 0.2) is 0 Å². The van der Waals surface area contributed by atoms with Gasteiger partial charge in [0.1, 0.15) is 0 Å². The molecule has 0 radical (unpaired) electrons. The van der Waals surface area contributed by atoms with Crippen molar-refractivity contribution in [2.75, 3.05) is 13.7 Å². The molecule has 1 unspecified atom stereocenters. The second-order valence-corrected chi connectivity index (χ2v) is 5.87. The smallest absolute Gasteiger partial charge is 0.334 e. The molecule has 2 amide bonds. The molecule has 2 fully saturated rings. The van der Waals surface area contributed by atoms with Crippen molar-refractivity contribution in [3.8, 4) is 0 Å². The van der Waals surface area contributed by atoms with E-state index in [-0.39, 0.29) is 23.8 Å². The van der Waals surface area contributed by atoms with E-state index in [2.05, 4.69) is 0 Å². The van der Waals surface area contributed by atoms with Crippen molar-refractivity contribution < 1.29 is 24.2 Å². The van der Waals surface area contributed by atoms with Gasteiger partial charge in [0.05, 0.1) is 6.54 Å². The summed E-state index contributed by atoms with van der Waals surface area (Å²) in [5.41, 5.74) is -0.172. The van der Waals surface area contributed by atoms with E-state index < -0.39 is 12.1 Å². The molecule has 0 aromatic rings. The van der Waals surface area contributed by atoms with Gasteiger partial charge in [0.2, 0.25) is 11.8 Å². The van der Waals surface area contributed by atoms with Crippen molar-refractivity contribution in [1.82, 2.24) is 4.90 Å². The molecule has 1 aliphatic heterocycles. The average Bonchev–Trinajstić information content (AvgIpc) is 2.38. The number of carbonyl (C=O) groups excluding carboxylic acids is 2. The van der Waals surface area contributed by atoms with Crippen LogP contribution in [0.2, 0.25) is 0 Å². The molecule has 2 rings (SSSR count). The molecule has 1 aliphatic carbocycles. The summed E-state index contributed by atoms with van der Waals surface area (Å²) in [6.07, 6.45) is 4.70. The Morgan fingerprint density at radius 3 is 2.25 bits per heavy atom. The van der Waals surface area contributed by atoms with Gasteiger partial charge in [-0.3, -0.25) is 14.5 Å². The highest BCUT2D eigenvalue weighted by atomic mass is 16.5. The molecule has 1 N–H and O–H groups in total. The number of rotatable bonds is 4. The van der Waals surface area contributed by atoms with Gasteiger partial charge in [-0.1, -0.05) is 19.3 Å². The van der Waals surface area contributed by atoms with Crippen LogP contribution in [0.4, 0.5) is 0 Å². The van der Waals surface area contributed by atoms with E-state index in [1.165, 1.54) is 13.5 Å². The number of amides is 2. The summed E-state index contributed by atoms with van der Waals surface area (Å²) in [6.45, 7) is -0.195. The zero-order valence-electron chi connectivity index (χ0n) is 11.8. The number of imide groups is 1. The second kappa shape index (κ2) is 5.91. The first kappa shape index (κ1) is 15.0. The Kier molecular flexibility index (Phi) is 4.42. The molecule has 112 valence electrons. The Morgan fingerprint density at radius 2 is 1.80 bits per heavy atom. The van der Waals surface area contributed by atoms with Crippen molar-refractivity contribution in [3.05, 3.63) is 0 Å². The standard InChI is InChI=1S/C14H21NO5/c1-20-10(13(18)19)9-15-11(16)7-14(8-12(15)17)5-3-2-4-6-14/h10H,2-9H2,1H3,(H,18,19). The first-order chi connectivity index (χ1) is 9.47. The third kappa shape index (κ3) is 3.00. The van der Waals surface area contributed by atoms with Gasteiger partial charge in [-0.25, -0.2) is 4.79 Å². The van der Waals surface area contributed by atoms with Crippen LogP contribution < -0.4 is 0 Å². The van der Waals surface area contributed by atoms with Gasteiger partial charge in [-0.15, -0.1) is 0 Å². The maximum atomic E-state index is 12.2. The van der Waals surface area contributed by atoms with Crippen LogP contribution in [-0.2, 0) is 19.1 Å². The molecule has 1 saturated heterocycles. The molecule has 2 aliphatic rings. The lowest BCUT2D eigenvalue weighted by Crippen LogP contribution is -2.52. The number of carbonyl (C=O) groups is 3. The largest absolute Gasteiger partial charge is 0.479 e. The maximum absolute atomic E-state index is 12.2. The number of piperidine rings is 1. The lowest BCUT2D eigenvalue weighted by Gasteiger charge is -2.42. The van der Waals surface area contributed by atoms with Gasteiger partial charge >= 0.3 is 5.97 Å². The number of hydrogen-bond donors (Lipinski definition) is 1. The van der Waals surface area contributed by atoms with Gasteiger partial charge in [-0.05, 0) is 18.3 Å². The summed E-state index contributed by atoms with van der Waals surface area (Å²) < 4.78 is 4.80. The fourth-order valence-corrected chi connectivity index (χ4v) is 3.31. The topological polar surface area (TPSA) is 83.9 Å². The van der Waals surface area contributed by atoms with Gasteiger partial charge in [0.25, 0.3) is 0 Å². The summed E-state index contributed by atoms with van der Waals surface area (Å²) in [6, 6.07) is 0. The fraction of sp³-hybridized carbons (Fsp3) is 0.786. The monoisotopic (exact) mass is 283 g/mol. The molecule has 0 bridgehead atoms. The first-order valence-corrected chi connectivity index (χ1v) is 7.06. The summed E-state index contributed by atoms with van der Waals surface area (Å²) in [7, 11) is 1.26. The van der Waals surface area contributed by atoms with Crippen LogP contribution >= 0.6 is 0 Å². The Balaban J connectivity index is 2.05. The van der Waals surface area contributed by atoms with Crippen molar-refractivity contribution >= 4 is 17.8 Å². The third-order valence-corrected chi connectivity index (χ3v) is 4.48. The van der Waals surface area contributed by atoms with E-state index in [1.54, 1.807) is 0 Å². The Morgan fingerprint density at radius 1 is 1.25 bits per heavy atom. The molecule has 20 heavy (non-hydrogen) atoms. The molecule has 1 spiro atoms. The second-order valence-electron chi connectivity index (χ2n) is 5.87. The minimum Gasteiger partial charge on any atom is -0.479 e. The van der Waals surface area contributed by atoms with Crippen LogP contribution in [-0.4, -0.2) is 47.5 Å². The number of carboxylic acids is 1. The van der Waals surface area contributed by atoms with E-state index in [0.29, 0.717) is 12.8 Å². The number of methoxy groups -OCH3 is 1. The number of ether oxygens (including phenoxy) is 1. The highest BCUT2D eigenvalue weighted by molar-refractivity contribution is 5.99. The summed E-state index contributed by atoms with van der Waals surface area (Å²) >= 11 is 0. The molecule has 6 heteroatoms. The Labute approximate surface area is 118 Å². The number of aliphatic carboxylic acids is 1. The average molecular weight is 283 g/mol. The molecule has 6 nitrogen and oxygen atoms in total. The fourth-order valence-electron chi connectivity index (χ4n) is 3.31. The molecule has 0 aromatic heterocycles. The van der Waals surface area contributed by atoms with E-state index >= 15 is 0 Å². The minimum atomic E-state index is -1.16. The predicted molar refractivity (Wildman–Crippen MR) is 69.9 cm³/mol. The molecule has 1 saturated carbocycles. The lowest BCUT2D eigenvalue weighted by atomic mass is 9.67. The quantitative estimate of drug-likeness (QED) is 0.783. The molecular formula is C14H21NO5. The summed E-state index contributed by atoms with van der Waals surface area (Å²) in [5, 5.41) is 8.94. The normalized spacial score (nSPS) is 23.9. The summed E-state index contributed by atoms with van der Waals surface area (Å²) in [4.78, 5) is 36.4. The predicted octanol–water partition coefficient (Wildman–Crippen LogP) is 1.19. The van der Waals surface area contributed by atoms with Gasteiger partial charge in [-0.2, -0.15) is 0 Å². The van der Waals surface area contributed by atoms with Gasteiger partial charge in [0.15, 0.2) is 6.10 Å². The third-order valence-electron chi connectivity index (χ3n) is 4.48. The SMILES string of the molecule is COC(CN1C(=O)CC2(CCCCC2)CC1=O)C(=O)O. The van der Waals surface area contributed by atoms with Crippen LogP contribution in [0.5, 0.6) is 0 Å². The zero-order chi connectivity index (χ0) is 14.8. The minimum absolute atomic E-state index is 0.172. The van der Waals surface area contributed by atoms with Crippen molar-refractivity contribution in [3.63, 3.8) is 0 Å². The number of nitrogens with zero attached hydrogens (tertiary/aromatic N) is 1. The van der Waals surface area contributed by atoms with E-state index in [9.17, 15) is 14.4 Å². The van der Waals surface area contributed by atoms with Crippen LogP contribution in [0, 0.1) is 5.41 Å². The Bertz CT molecular complexity index is 394. The maximum Gasteiger partial charge on any atom is 0.334 e. The van der Waals surface area contributed by atoms with Crippen LogP contribution in [0.1, 0.15) is 44.9 Å². The highest BCUT2D eigenvalue weighted by Gasteiger charge is 2.44. The number of hydrogen-bond acceptors (Lipinski definition) is 4. The van der Waals surface area contributed by atoms with Crippen molar-refractivity contribution in [2.24, 2.45) is 5.41 Å². The molecule has 0 aromatic carbocycles. The number of likely N-dealkylation sites (tertiary alicyclic amines) is 1. The van der Waals surface area contributed by atoms with Crippen molar-refractivity contribution in [1.29, 1.82) is 0 Å². The van der Waals surface area contributed by atoms with Crippen LogP contribution in [0.25, 0.3) is 0 Å². The van der Waals surface area contributed by atoms with E-state index in [0.717, 1.165) is 30.6 Å². The Hall–Kier alpha value is -1.43. The zero-order valence-corrected chi connectivity index (χ0v) is 11.8. The molecule has 1 heterocycles. The summed E-state index contributed by atoms with van der Waals surface area (Å²) in [5.74, 6) is -1.68. The lowest BCUT2D eigenvalue weighted by molar-refractivity contribution is -0.160.